The molecule has 1 N–H and O–H groups in total. The van der Waals surface area contributed by atoms with Crippen molar-refractivity contribution in [3.63, 3.8) is 0 Å². The highest BCUT2D eigenvalue weighted by atomic mass is 35.5. The highest BCUT2D eigenvalue weighted by Crippen LogP contribution is 2.45. The number of hydrogen-bond donors (Lipinski definition) is 1. The van der Waals surface area contributed by atoms with E-state index < -0.39 is 12.2 Å². The van der Waals surface area contributed by atoms with Gasteiger partial charge in [-0.2, -0.15) is 0 Å². The molecule has 0 unspecified atom stereocenters. The quantitative estimate of drug-likeness (QED) is 0.173. The Labute approximate surface area is 327 Å². The molecule has 2 aliphatic rings. The van der Waals surface area contributed by atoms with Crippen molar-refractivity contribution in [1.82, 2.24) is 15.1 Å². The number of methoxy groups -OCH3 is 1. The minimum absolute atomic E-state index is 0. The molecule has 2 amide bonds. The average molecular weight is 778 g/mol. The van der Waals surface area contributed by atoms with Crippen molar-refractivity contribution >= 4 is 53.9 Å². The van der Waals surface area contributed by atoms with E-state index in [1.165, 1.54) is 5.56 Å². The van der Waals surface area contributed by atoms with Crippen LogP contribution in [0.25, 0.3) is 0 Å². The van der Waals surface area contributed by atoms with Crippen LogP contribution in [0.4, 0.5) is 5.69 Å². The first kappa shape index (κ1) is 43.4. The number of fused-ring (bicyclic) bond motifs is 1. The predicted octanol–water partition coefficient (Wildman–Crippen LogP) is 7.21. The van der Waals surface area contributed by atoms with E-state index in [-0.39, 0.29) is 48.5 Å². The van der Waals surface area contributed by atoms with E-state index in [4.69, 9.17) is 25.8 Å². The normalized spacial score (nSPS) is 17.5. The largest absolute Gasteiger partial charge is 0.492 e. The molecule has 0 aromatic heterocycles. The van der Waals surface area contributed by atoms with Crippen molar-refractivity contribution in [2.24, 2.45) is 5.41 Å². The molecule has 1 saturated heterocycles. The number of rotatable bonds is 14. The van der Waals surface area contributed by atoms with Gasteiger partial charge in [-0.15, -0.1) is 24.8 Å². The zero-order valence-corrected chi connectivity index (χ0v) is 33.5. The lowest BCUT2D eigenvalue weighted by molar-refractivity contribution is -0.143. The van der Waals surface area contributed by atoms with Crippen LogP contribution in [0.15, 0.2) is 66.7 Å². The second-order valence-electron chi connectivity index (χ2n) is 14.5. The Bertz CT molecular complexity index is 1580. The number of hydrogen-bond acceptors (Lipinski definition) is 7. The van der Waals surface area contributed by atoms with Crippen molar-refractivity contribution < 1.29 is 23.8 Å². The lowest BCUT2D eigenvalue weighted by Crippen LogP contribution is -2.49. The summed E-state index contributed by atoms with van der Waals surface area (Å²) in [7, 11) is 3.76. The molecular weight excluding hydrogens is 723 g/mol. The highest BCUT2D eigenvalue weighted by molar-refractivity contribution is 6.30. The van der Waals surface area contributed by atoms with Gasteiger partial charge in [-0.05, 0) is 68.1 Å². The average Bonchev–Trinajstić information content (AvgIpc) is 3.20. The van der Waals surface area contributed by atoms with E-state index in [9.17, 15) is 9.59 Å². The van der Waals surface area contributed by atoms with Crippen LogP contribution in [0.2, 0.25) is 5.02 Å². The number of amides is 2. The molecule has 3 aromatic rings. The molecule has 0 radical (unpaired) electrons. The summed E-state index contributed by atoms with van der Waals surface area (Å²) in [5, 5.41) is 3.81. The fraction of sp³-hybridized carbons (Fsp3) is 0.500. The summed E-state index contributed by atoms with van der Waals surface area (Å²) in [4.78, 5) is 33.8. The summed E-state index contributed by atoms with van der Waals surface area (Å²) in [6.07, 6.45) is 1.19. The van der Waals surface area contributed by atoms with Gasteiger partial charge in [0, 0.05) is 61.1 Å². The maximum atomic E-state index is 14.4. The third kappa shape index (κ3) is 11.7. The Morgan fingerprint density at radius 3 is 2.38 bits per heavy atom. The van der Waals surface area contributed by atoms with Crippen molar-refractivity contribution in [3.05, 3.63) is 88.4 Å². The summed E-state index contributed by atoms with van der Waals surface area (Å²) in [5.41, 5.74) is 3.29. The topological polar surface area (TPSA) is 83.6 Å². The Kier molecular flexibility index (Phi) is 17.0. The molecule has 5 rings (SSSR count). The van der Waals surface area contributed by atoms with Crippen molar-refractivity contribution in [2.75, 3.05) is 71.5 Å². The number of anilines is 1. The van der Waals surface area contributed by atoms with Crippen LogP contribution in [0.5, 0.6) is 11.5 Å². The number of carbonyl (C=O) groups excluding carboxylic acids is 2. The zero-order chi connectivity index (χ0) is 35.7. The van der Waals surface area contributed by atoms with Gasteiger partial charge in [-0.1, -0.05) is 74.8 Å². The number of aryl methyl sites for hydroxylation is 1. The third-order valence-corrected chi connectivity index (χ3v) is 9.39. The Hall–Kier alpha value is -3.05. The van der Waals surface area contributed by atoms with Crippen LogP contribution in [-0.4, -0.2) is 94.3 Å². The molecule has 0 saturated carbocycles. The van der Waals surface area contributed by atoms with Gasteiger partial charge in [0.05, 0.1) is 20.1 Å². The van der Waals surface area contributed by atoms with Crippen LogP contribution in [0.3, 0.4) is 0 Å². The van der Waals surface area contributed by atoms with Crippen molar-refractivity contribution in [1.29, 1.82) is 0 Å². The van der Waals surface area contributed by atoms with Gasteiger partial charge in [0.2, 0.25) is 5.91 Å². The molecule has 0 bridgehead atoms. The SMILES string of the molecule is COc1c(OCCCN(C)CCCc2ccccc2)cccc1[C@@H]1O[C@@H](CC(=O)N2CCNCC2)C(=O)N(CC(C)(C)C)c2ccc(Cl)cc21.Cl.Cl. The summed E-state index contributed by atoms with van der Waals surface area (Å²) in [6, 6.07) is 21.8. The molecule has 3 aromatic carbocycles. The van der Waals surface area contributed by atoms with Gasteiger partial charge in [0.15, 0.2) is 11.5 Å². The molecular formula is C40H55Cl3N4O5. The first-order valence-corrected chi connectivity index (χ1v) is 18.2. The maximum absolute atomic E-state index is 14.4. The van der Waals surface area contributed by atoms with Gasteiger partial charge in [-0.3, -0.25) is 9.59 Å². The van der Waals surface area contributed by atoms with Gasteiger partial charge >= 0.3 is 0 Å². The first-order chi connectivity index (χ1) is 24.0. The van der Waals surface area contributed by atoms with Crippen LogP contribution >= 0.6 is 36.4 Å². The summed E-state index contributed by atoms with van der Waals surface area (Å²) in [6.45, 7) is 11.8. The second-order valence-corrected chi connectivity index (χ2v) is 14.9. The molecule has 1 fully saturated rings. The van der Waals surface area contributed by atoms with E-state index in [2.05, 4.69) is 68.4 Å². The molecule has 52 heavy (non-hydrogen) atoms. The molecule has 2 atom stereocenters. The third-order valence-electron chi connectivity index (χ3n) is 9.15. The van der Waals surface area contributed by atoms with Crippen molar-refractivity contribution in [2.45, 2.75) is 58.7 Å². The van der Waals surface area contributed by atoms with Gasteiger partial charge < -0.3 is 34.2 Å². The Morgan fingerprint density at radius 2 is 1.69 bits per heavy atom. The van der Waals surface area contributed by atoms with Gasteiger partial charge in [-0.25, -0.2) is 0 Å². The molecule has 0 spiro atoms. The Morgan fingerprint density at radius 1 is 0.981 bits per heavy atom. The standard InChI is InChI=1S/C40H53ClN4O5.2ClH/c1-40(2,3)28-45-33-18-17-30(41)26-32(33)37(50-35(39(45)47)27-36(46)44-23-19-42-20-24-44)31-15-9-16-34(38(31)48-5)49-25-11-22-43(4)21-10-14-29-12-7-6-8-13-29;;/h6-9,12-13,15-18,26,35,37,42H,10-11,14,19-25,27-28H2,1-5H3;2*1H/t35-,37-;;/m0../s1. The van der Waals surface area contributed by atoms with E-state index in [0.717, 1.165) is 51.0 Å². The number of halogens is 3. The van der Waals surface area contributed by atoms with Crippen molar-refractivity contribution in [3.8, 4) is 11.5 Å². The van der Waals surface area contributed by atoms with Crippen LogP contribution in [-0.2, 0) is 20.7 Å². The number of piperazine rings is 1. The molecule has 286 valence electrons. The molecule has 0 aliphatic carbocycles. The smallest absolute Gasteiger partial charge is 0.256 e. The first-order valence-electron chi connectivity index (χ1n) is 17.8. The van der Waals surface area contributed by atoms with Crippen LogP contribution in [0, 0.1) is 5.41 Å². The van der Waals surface area contributed by atoms with E-state index in [1.54, 1.807) is 23.0 Å². The summed E-state index contributed by atoms with van der Waals surface area (Å²) < 4.78 is 19.1. The number of nitrogens with zero attached hydrogens (tertiary/aromatic N) is 3. The Balaban J connectivity index is 0.00000364. The van der Waals surface area contributed by atoms with Gasteiger partial charge in [0.1, 0.15) is 12.2 Å². The van der Waals surface area contributed by atoms with E-state index in [0.29, 0.717) is 54.0 Å². The number of carbonyl (C=O) groups is 2. The predicted molar refractivity (Wildman–Crippen MR) is 214 cm³/mol. The second kappa shape index (κ2) is 20.4. The molecule has 2 heterocycles. The number of benzene rings is 3. The van der Waals surface area contributed by atoms with Crippen LogP contribution in [0.1, 0.15) is 62.8 Å². The fourth-order valence-electron chi connectivity index (χ4n) is 6.68. The van der Waals surface area contributed by atoms with Crippen LogP contribution < -0.4 is 19.7 Å². The lowest BCUT2D eigenvalue weighted by Gasteiger charge is -2.32. The summed E-state index contributed by atoms with van der Waals surface area (Å²) >= 11 is 6.61. The minimum atomic E-state index is -1.01. The van der Waals surface area contributed by atoms with Gasteiger partial charge in [0.25, 0.3) is 5.91 Å². The highest BCUT2D eigenvalue weighted by Gasteiger charge is 2.40. The number of nitrogens with one attached hydrogen (secondary N) is 1. The summed E-state index contributed by atoms with van der Waals surface area (Å²) in [5.74, 6) is 0.786. The maximum Gasteiger partial charge on any atom is 0.256 e. The van der Waals surface area contributed by atoms with E-state index in [1.807, 2.05) is 30.3 Å². The molecule has 9 nitrogen and oxygen atoms in total. The molecule has 2 aliphatic heterocycles. The van der Waals surface area contributed by atoms with E-state index >= 15 is 0 Å². The zero-order valence-electron chi connectivity index (χ0n) is 31.1. The lowest BCUT2D eigenvalue weighted by atomic mass is 9.94. The number of para-hydroxylation sites is 1. The molecule has 12 heteroatoms. The minimum Gasteiger partial charge on any atom is -0.492 e. The fourth-order valence-corrected chi connectivity index (χ4v) is 6.86. The monoisotopic (exact) mass is 776 g/mol. The number of ether oxygens (including phenoxy) is 3.